The lowest BCUT2D eigenvalue weighted by atomic mass is 9.92. The molecule has 6 nitrogen and oxygen atoms in total. The molecule has 0 radical (unpaired) electrons. The highest BCUT2D eigenvalue weighted by atomic mass is 16.5. The summed E-state index contributed by atoms with van der Waals surface area (Å²) in [7, 11) is 0. The fourth-order valence-corrected chi connectivity index (χ4v) is 3.10. The van der Waals surface area contributed by atoms with Crippen LogP contribution in [0.25, 0.3) is 0 Å². The van der Waals surface area contributed by atoms with Crippen LogP contribution in [0.1, 0.15) is 39.6 Å². The van der Waals surface area contributed by atoms with Crippen molar-refractivity contribution in [1.82, 2.24) is 15.4 Å². The van der Waals surface area contributed by atoms with E-state index in [-0.39, 0.29) is 11.6 Å². The number of carbonyl (C=O) groups is 1. The molecule has 0 amide bonds. The molecule has 98 valence electrons. The Bertz CT molecular complexity index is 489. The highest BCUT2D eigenvalue weighted by Crippen LogP contribution is 2.34. The largest absolute Gasteiger partial charge is 0.476 e. The molecule has 0 saturated carbocycles. The maximum absolute atomic E-state index is 11.4. The van der Waals surface area contributed by atoms with Crippen LogP contribution in [0, 0.1) is 0 Å². The predicted octanol–water partition coefficient (Wildman–Crippen LogP) is 0.146. The van der Waals surface area contributed by atoms with E-state index in [0.717, 1.165) is 47.6 Å². The molecule has 0 spiro atoms. The second kappa shape index (κ2) is 4.29. The third-order valence-corrected chi connectivity index (χ3v) is 3.91. The molecule has 0 aromatic carbocycles. The van der Waals surface area contributed by atoms with Crippen molar-refractivity contribution >= 4 is 5.97 Å². The molecule has 18 heavy (non-hydrogen) atoms. The molecule has 2 aliphatic rings. The lowest BCUT2D eigenvalue weighted by Crippen LogP contribution is -2.25. The fourth-order valence-electron chi connectivity index (χ4n) is 3.10. The van der Waals surface area contributed by atoms with Crippen LogP contribution < -0.4 is 10.6 Å². The van der Waals surface area contributed by atoms with E-state index in [9.17, 15) is 15.1 Å². The molecule has 0 aliphatic carbocycles. The van der Waals surface area contributed by atoms with E-state index in [2.05, 4.69) is 10.6 Å². The zero-order valence-electron chi connectivity index (χ0n) is 10.1. The van der Waals surface area contributed by atoms with Crippen molar-refractivity contribution in [3.8, 4) is 0 Å². The molecule has 1 unspecified atom stereocenters. The number of hydrogen-bond acceptors (Lipinski definition) is 4. The second-order valence-corrected chi connectivity index (χ2v) is 4.92. The van der Waals surface area contributed by atoms with Crippen molar-refractivity contribution in [2.75, 3.05) is 19.6 Å². The smallest absolute Gasteiger partial charge is 0.356 e. The third kappa shape index (κ3) is 1.60. The van der Waals surface area contributed by atoms with Crippen molar-refractivity contribution in [3.05, 3.63) is 22.5 Å². The fraction of sp³-hybridized carbons (Fsp3) is 0.583. The number of hydrogen-bond donors (Lipinski definition) is 4. The standard InChI is InChI=1S/C12H17N3O3/c16-12(17)11-10(7-1-3-13-5-7)8-6-14-4-2-9(8)15(11)18/h7,13-14,18H,1-6H2,(H,16,17). The van der Waals surface area contributed by atoms with Crippen LogP contribution in [0.2, 0.25) is 0 Å². The van der Waals surface area contributed by atoms with E-state index in [1.165, 1.54) is 0 Å². The van der Waals surface area contributed by atoms with Crippen molar-refractivity contribution in [2.45, 2.75) is 25.3 Å². The molecule has 1 fully saturated rings. The molecule has 4 N–H and O–H groups in total. The first-order valence-corrected chi connectivity index (χ1v) is 6.30. The van der Waals surface area contributed by atoms with Crippen LogP contribution in [0.15, 0.2) is 0 Å². The van der Waals surface area contributed by atoms with Crippen LogP contribution in [-0.4, -0.2) is 40.6 Å². The van der Waals surface area contributed by atoms with Gasteiger partial charge in [-0.05, 0) is 24.1 Å². The summed E-state index contributed by atoms with van der Waals surface area (Å²) < 4.78 is 0.895. The van der Waals surface area contributed by atoms with E-state index in [1.54, 1.807) is 0 Å². The number of aromatic nitrogens is 1. The molecule has 1 saturated heterocycles. The maximum Gasteiger partial charge on any atom is 0.356 e. The monoisotopic (exact) mass is 251 g/mol. The second-order valence-electron chi connectivity index (χ2n) is 4.92. The minimum atomic E-state index is -1.05. The molecule has 3 rings (SSSR count). The van der Waals surface area contributed by atoms with Crippen molar-refractivity contribution in [1.29, 1.82) is 0 Å². The molecule has 6 heteroatoms. The van der Waals surface area contributed by atoms with Gasteiger partial charge in [0, 0.05) is 32.0 Å². The average molecular weight is 251 g/mol. The van der Waals surface area contributed by atoms with Gasteiger partial charge in [0.1, 0.15) is 0 Å². The van der Waals surface area contributed by atoms with E-state index < -0.39 is 5.97 Å². The molecule has 0 bridgehead atoms. The molecule has 1 atom stereocenters. The quantitative estimate of drug-likeness (QED) is 0.562. The SMILES string of the molecule is O=C(O)c1c(C2CCNC2)c2c(n1O)CCNC2. The number of rotatable bonds is 2. The molecule has 1 aromatic heterocycles. The van der Waals surface area contributed by atoms with Gasteiger partial charge >= 0.3 is 5.97 Å². The van der Waals surface area contributed by atoms with Gasteiger partial charge in [0.15, 0.2) is 5.69 Å². The van der Waals surface area contributed by atoms with Gasteiger partial charge in [0.05, 0.1) is 5.69 Å². The Hall–Kier alpha value is -1.53. The van der Waals surface area contributed by atoms with Crippen LogP contribution in [0.5, 0.6) is 0 Å². The van der Waals surface area contributed by atoms with E-state index in [0.29, 0.717) is 13.0 Å². The lowest BCUT2D eigenvalue weighted by Gasteiger charge is -2.16. The zero-order valence-corrected chi connectivity index (χ0v) is 10.1. The Morgan fingerprint density at radius 1 is 1.33 bits per heavy atom. The van der Waals surface area contributed by atoms with Gasteiger partial charge in [-0.15, -0.1) is 0 Å². The first kappa shape index (κ1) is 11.6. The van der Waals surface area contributed by atoms with Crippen LogP contribution >= 0.6 is 0 Å². The minimum absolute atomic E-state index is 0.0531. The van der Waals surface area contributed by atoms with Gasteiger partial charge < -0.3 is 20.9 Å². The Morgan fingerprint density at radius 3 is 2.83 bits per heavy atom. The normalized spacial score (nSPS) is 23.0. The van der Waals surface area contributed by atoms with Gasteiger partial charge in [-0.3, -0.25) is 0 Å². The van der Waals surface area contributed by atoms with E-state index >= 15 is 0 Å². The summed E-state index contributed by atoms with van der Waals surface area (Å²) in [5, 5.41) is 25.9. The van der Waals surface area contributed by atoms with Crippen molar-refractivity contribution < 1.29 is 15.1 Å². The summed E-state index contributed by atoms with van der Waals surface area (Å²) >= 11 is 0. The van der Waals surface area contributed by atoms with Gasteiger partial charge in [-0.25, -0.2) is 4.79 Å². The third-order valence-electron chi connectivity index (χ3n) is 3.91. The summed E-state index contributed by atoms with van der Waals surface area (Å²) in [6.07, 6.45) is 1.60. The molecular weight excluding hydrogens is 234 g/mol. The maximum atomic E-state index is 11.4. The van der Waals surface area contributed by atoms with E-state index in [4.69, 9.17) is 0 Å². The van der Waals surface area contributed by atoms with E-state index in [1.807, 2.05) is 0 Å². The number of nitrogens with one attached hydrogen (secondary N) is 2. The first-order chi connectivity index (χ1) is 8.70. The highest BCUT2D eigenvalue weighted by molar-refractivity contribution is 5.89. The molecule has 3 heterocycles. The van der Waals surface area contributed by atoms with Gasteiger partial charge in [-0.2, -0.15) is 4.73 Å². The summed E-state index contributed by atoms with van der Waals surface area (Å²) in [5.41, 5.74) is 2.61. The van der Waals surface area contributed by atoms with Gasteiger partial charge in [0.2, 0.25) is 0 Å². The summed E-state index contributed by atoms with van der Waals surface area (Å²) in [6, 6.07) is 0. The highest BCUT2D eigenvalue weighted by Gasteiger charge is 2.33. The van der Waals surface area contributed by atoms with Crippen molar-refractivity contribution in [2.24, 2.45) is 0 Å². The Kier molecular flexibility index (Phi) is 2.76. The Labute approximate surface area is 105 Å². The topological polar surface area (TPSA) is 86.5 Å². The number of carboxylic acids is 1. The van der Waals surface area contributed by atoms with Crippen LogP contribution in [-0.2, 0) is 13.0 Å². The molecule has 2 aliphatic heterocycles. The average Bonchev–Trinajstić information content (AvgIpc) is 2.96. The van der Waals surface area contributed by atoms with Gasteiger partial charge in [-0.1, -0.05) is 0 Å². The summed E-state index contributed by atoms with van der Waals surface area (Å²) in [5.74, 6) is -0.855. The van der Waals surface area contributed by atoms with Crippen LogP contribution in [0.3, 0.4) is 0 Å². The number of aromatic carboxylic acids is 1. The zero-order chi connectivity index (χ0) is 12.7. The number of carboxylic acid groups (broad SMARTS) is 1. The summed E-state index contributed by atoms with van der Waals surface area (Å²) in [4.78, 5) is 11.4. The Morgan fingerprint density at radius 2 is 2.17 bits per heavy atom. The van der Waals surface area contributed by atoms with Gasteiger partial charge in [0.25, 0.3) is 0 Å². The first-order valence-electron chi connectivity index (χ1n) is 6.30. The summed E-state index contributed by atoms with van der Waals surface area (Å²) in [6.45, 7) is 3.12. The minimum Gasteiger partial charge on any atom is -0.476 e. The molecular formula is C12H17N3O3. The van der Waals surface area contributed by atoms with Crippen LogP contribution in [0.4, 0.5) is 0 Å². The number of fused-ring (bicyclic) bond motifs is 1. The number of nitrogens with zero attached hydrogens (tertiary/aromatic N) is 1. The van der Waals surface area contributed by atoms with Crippen molar-refractivity contribution in [3.63, 3.8) is 0 Å². The predicted molar refractivity (Wildman–Crippen MR) is 64.2 cm³/mol. The lowest BCUT2D eigenvalue weighted by molar-refractivity contribution is 0.0637. The Balaban J connectivity index is 2.16. The molecule has 1 aromatic rings.